The van der Waals surface area contributed by atoms with Crippen molar-refractivity contribution in [2.24, 2.45) is 5.92 Å². The molecule has 62 valence electrons. The van der Waals surface area contributed by atoms with E-state index in [1.807, 2.05) is 19.9 Å². The summed E-state index contributed by atoms with van der Waals surface area (Å²) in [6.07, 6.45) is 3.71. The monoisotopic (exact) mass is 172 g/mol. The summed E-state index contributed by atoms with van der Waals surface area (Å²) < 4.78 is 16.8. The molecule has 1 aliphatic rings. The van der Waals surface area contributed by atoms with Gasteiger partial charge in [0.15, 0.2) is 0 Å². The Kier molecular flexibility index (Phi) is 2.69. The van der Waals surface area contributed by atoms with Crippen LogP contribution in [-0.4, -0.2) is 6.61 Å². The zero-order chi connectivity index (χ0) is 8.32. The maximum absolute atomic E-state index is 11.6. The highest BCUT2D eigenvalue weighted by atomic mass is 31.2. The Hall–Kier alpha value is -0.330. The van der Waals surface area contributed by atoms with Gasteiger partial charge in [-0.05, 0) is 12.8 Å². The molecular weight excluding hydrogens is 159 g/mol. The van der Waals surface area contributed by atoms with Crippen LogP contribution in [0.1, 0.15) is 13.8 Å². The van der Waals surface area contributed by atoms with Gasteiger partial charge in [0.25, 0.3) is 0 Å². The van der Waals surface area contributed by atoms with E-state index >= 15 is 0 Å². The van der Waals surface area contributed by atoms with Gasteiger partial charge in [-0.15, -0.1) is 0 Å². The smallest absolute Gasteiger partial charge is 0.246 e. The summed E-state index contributed by atoms with van der Waals surface area (Å²) in [5.74, 6) is 3.71. The van der Waals surface area contributed by atoms with Crippen molar-refractivity contribution in [3.63, 3.8) is 0 Å². The molecule has 1 heterocycles. The highest BCUT2D eigenvalue weighted by molar-refractivity contribution is 7.65. The minimum Gasteiger partial charge on any atom is -0.322 e. The molecule has 0 aromatic rings. The number of hydrogen-bond donors (Lipinski definition) is 0. The SMILES string of the molecule is C/C=C/[P@]1(=O)C=C[C@H](C)CO1. The molecule has 1 aliphatic heterocycles. The van der Waals surface area contributed by atoms with Crippen LogP contribution in [0.3, 0.4) is 0 Å². The molecule has 3 heteroatoms. The van der Waals surface area contributed by atoms with Gasteiger partial charge in [0, 0.05) is 11.6 Å². The topological polar surface area (TPSA) is 26.3 Å². The molecule has 0 N–H and O–H groups in total. The standard InChI is InChI=1S/C8H13O2P/c1-3-5-11(9)6-4-8(2)7-10-11/h3-6,8H,7H2,1-2H3/b5-3+/t8-,11+/m0/s1. The highest BCUT2D eigenvalue weighted by Gasteiger charge is 2.20. The molecule has 0 radical (unpaired) electrons. The van der Waals surface area contributed by atoms with Crippen molar-refractivity contribution in [1.82, 2.24) is 0 Å². The van der Waals surface area contributed by atoms with E-state index in [4.69, 9.17) is 4.52 Å². The van der Waals surface area contributed by atoms with Gasteiger partial charge in [-0.3, -0.25) is 4.57 Å². The van der Waals surface area contributed by atoms with E-state index < -0.39 is 7.37 Å². The summed E-state index contributed by atoms with van der Waals surface area (Å²) in [4.78, 5) is 0. The van der Waals surface area contributed by atoms with Crippen molar-refractivity contribution >= 4 is 7.37 Å². The first kappa shape index (κ1) is 8.76. The Morgan fingerprint density at radius 3 is 2.91 bits per heavy atom. The molecule has 2 nitrogen and oxygen atoms in total. The molecule has 0 spiro atoms. The summed E-state index contributed by atoms with van der Waals surface area (Å²) in [5, 5.41) is 0. The highest BCUT2D eigenvalue weighted by Crippen LogP contribution is 2.52. The lowest BCUT2D eigenvalue weighted by atomic mass is 10.2. The van der Waals surface area contributed by atoms with Gasteiger partial charge < -0.3 is 4.52 Å². The third-order valence-corrected chi connectivity index (χ3v) is 3.37. The molecular formula is C8H13O2P. The fraction of sp³-hybridized carbons (Fsp3) is 0.500. The third-order valence-electron chi connectivity index (χ3n) is 1.52. The van der Waals surface area contributed by atoms with Gasteiger partial charge >= 0.3 is 0 Å². The Bertz CT molecular complexity index is 230. The second-order valence-corrected chi connectivity index (χ2v) is 4.89. The van der Waals surface area contributed by atoms with Crippen LogP contribution in [0.25, 0.3) is 0 Å². The van der Waals surface area contributed by atoms with Crippen molar-refractivity contribution in [3.05, 3.63) is 23.8 Å². The Labute approximate surface area is 67.4 Å². The molecule has 0 saturated carbocycles. The molecule has 0 aromatic heterocycles. The lowest BCUT2D eigenvalue weighted by Crippen LogP contribution is -2.04. The van der Waals surface area contributed by atoms with Gasteiger partial charge in [-0.25, -0.2) is 0 Å². The van der Waals surface area contributed by atoms with Crippen molar-refractivity contribution in [2.75, 3.05) is 6.61 Å². The summed E-state index contributed by atoms with van der Waals surface area (Å²) in [6.45, 7) is 4.45. The third kappa shape index (κ3) is 2.32. The van der Waals surface area contributed by atoms with E-state index in [1.165, 1.54) is 0 Å². The van der Waals surface area contributed by atoms with Gasteiger partial charge in [0.2, 0.25) is 7.37 Å². The van der Waals surface area contributed by atoms with Crippen LogP contribution in [0.2, 0.25) is 0 Å². The fourth-order valence-electron chi connectivity index (χ4n) is 0.900. The van der Waals surface area contributed by atoms with Crippen LogP contribution in [0.15, 0.2) is 23.8 Å². The fourth-order valence-corrected chi connectivity index (χ4v) is 2.59. The zero-order valence-electron chi connectivity index (χ0n) is 6.86. The number of allylic oxidation sites excluding steroid dienone is 1. The molecule has 0 bridgehead atoms. The second-order valence-electron chi connectivity index (χ2n) is 2.74. The summed E-state index contributed by atoms with van der Waals surface area (Å²) in [7, 11) is -2.51. The first-order valence-electron chi connectivity index (χ1n) is 3.73. The molecule has 0 amide bonds. The van der Waals surface area contributed by atoms with E-state index in [0.29, 0.717) is 12.5 Å². The molecule has 2 atom stereocenters. The Morgan fingerprint density at radius 2 is 2.45 bits per heavy atom. The van der Waals surface area contributed by atoms with Crippen molar-refractivity contribution in [3.8, 4) is 0 Å². The van der Waals surface area contributed by atoms with Crippen LogP contribution in [0, 0.1) is 5.92 Å². The van der Waals surface area contributed by atoms with E-state index in [-0.39, 0.29) is 0 Å². The number of rotatable bonds is 1. The molecule has 0 fully saturated rings. The van der Waals surface area contributed by atoms with E-state index in [9.17, 15) is 4.57 Å². The first-order chi connectivity index (χ1) is 5.16. The molecule has 1 rings (SSSR count). The van der Waals surface area contributed by atoms with Gasteiger partial charge in [0.05, 0.1) is 6.61 Å². The van der Waals surface area contributed by atoms with Gasteiger partial charge in [0.1, 0.15) is 0 Å². The minimum absolute atomic E-state index is 0.391. The van der Waals surface area contributed by atoms with Crippen LogP contribution in [0.5, 0.6) is 0 Å². The average Bonchev–Trinajstić information content (AvgIpc) is 1.97. The maximum Gasteiger partial charge on any atom is 0.246 e. The van der Waals surface area contributed by atoms with Crippen molar-refractivity contribution in [1.29, 1.82) is 0 Å². The van der Waals surface area contributed by atoms with Crippen molar-refractivity contribution in [2.45, 2.75) is 13.8 Å². The zero-order valence-corrected chi connectivity index (χ0v) is 7.75. The molecule has 0 aliphatic carbocycles. The van der Waals surface area contributed by atoms with E-state index in [2.05, 4.69) is 0 Å². The van der Waals surface area contributed by atoms with E-state index in [1.54, 1.807) is 17.7 Å². The predicted molar refractivity (Wildman–Crippen MR) is 46.7 cm³/mol. The van der Waals surface area contributed by atoms with Crippen LogP contribution >= 0.6 is 7.37 Å². The lowest BCUT2D eigenvalue weighted by Gasteiger charge is -2.18. The molecule has 0 saturated heterocycles. The second kappa shape index (κ2) is 3.38. The average molecular weight is 172 g/mol. The Morgan fingerprint density at radius 1 is 1.73 bits per heavy atom. The minimum atomic E-state index is -2.51. The van der Waals surface area contributed by atoms with E-state index in [0.717, 1.165) is 0 Å². The molecule has 0 aromatic carbocycles. The summed E-state index contributed by atoms with van der Waals surface area (Å²) in [6, 6.07) is 0. The first-order valence-corrected chi connectivity index (χ1v) is 5.50. The Balaban J connectivity index is 2.76. The van der Waals surface area contributed by atoms with Crippen LogP contribution in [0.4, 0.5) is 0 Å². The van der Waals surface area contributed by atoms with Crippen LogP contribution < -0.4 is 0 Å². The lowest BCUT2D eigenvalue weighted by molar-refractivity contribution is 0.286. The maximum atomic E-state index is 11.6. The van der Waals surface area contributed by atoms with Gasteiger partial charge in [-0.2, -0.15) is 0 Å². The predicted octanol–water partition coefficient (Wildman–Crippen LogP) is 2.98. The summed E-state index contributed by atoms with van der Waals surface area (Å²) in [5.41, 5.74) is 0. The number of hydrogen-bond acceptors (Lipinski definition) is 2. The summed E-state index contributed by atoms with van der Waals surface area (Å²) >= 11 is 0. The molecule has 0 unspecified atom stereocenters. The largest absolute Gasteiger partial charge is 0.322 e. The molecule has 11 heavy (non-hydrogen) atoms. The quantitative estimate of drug-likeness (QED) is 0.568. The van der Waals surface area contributed by atoms with Gasteiger partial charge in [-0.1, -0.05) is 19.1 Å². The van der Waals surface area contributed by atoms with Crippen molar-refractivity contribution < 1.29 is 9.09 Å². The normalized spacial score (nSPS) is 38.2. The van der Waals surface area contributed by atoms with Crippen LogP contribution in [-0.2, 0) is 9.09 Å².